The second kappa shape index (κ2) is 11.0. The lowest BCUT2D eigenvalue weighted by Gasteiger charge is -2.10. The van der Waals surface area contributed by atoms with Crippen LogP contribution in [0.2, 0.25) is 0 Å². The molecule has 18 heavy (non-hydrogen) atoms. The van der Waals surface area contributed by atoms with Crippen LogP contribution in [0.3, 0.4) is 0 Å². The zero-order chi connectivity index (χ0) is 13.8. The summed E-state index contributed by atoms with van der Waals surface area (Å²) >= 11 is 0. The third-order valence-corrected chi connectivity index (χ3v) is 2.37. The van der Waals surface area contributed by atoms with Gasteiger partial charge in [-0.25, -0.2) is 0 Å². The monoisotopic (exact) mass is 262 g/mol. The number of unbranched alkanes of at least 4 members (excludes halogenated alkanes) is 1. The van der Waals surface area contributed by atoms with Crippen LogP contribution in [0.5, 0.6) is 0 Å². The molecule has 0 bridgehead atoms. The summed E-state index contributed by atoms with van der Waals surface area (Å²) in [6.45, 7) is -0.0334. The SMILES string of the molecule is COC(=O)CCCCC(=O)OCC(O)CCCO. The summed E-state index contributed by atoms with van der Waals surface area (Å²) in [5.41, 5.74) is 0. The van der Waals surface area contributed by atoms with E-state index >= 15 is 0 Å². The predicted octanol–water partition coefficient (Wildman–Crippen LogP) is 0.396. The maximum absolute atomic E-state index is 11.2. The quantitative estimate of drug-likeness (QED) is 0.437. The van der Waals surface area contributed by atoms with Crippen LogP contribution >= 0.6 is 0 Å². The van der Waals surface area contributed by atoms with Crippen LogP contribution in [0.4, 0.5) is 0 Å². The lowest BCUT2D eigenvalue weighted by Crippen LogP contribution is -2.18. The normalized spacial score (nSPS) is 11.9. The molecule has 6 nitrogen and oxygen atoms in total. The minimum Gasteiger partial charge on any atom is -0.469 e. The molecule has 0 aliphatic carbocycles. The Morgan fingerprint density at radius 2 is 1.72 bits per heavy atom. The molecule has 2 N–H and O–H groups in total. The lowest BCUT2D eigenvalue weighted by atomic mass is 10.2. The van der Waals surface area contributed by atoms with Crippen molar-refractivity contribution in [3.63, 3.8) is 0 Å². The highest BCUT2D eigenvalue weighted by Crippen LogP contribution is 2.04. The molecular weight excluding hydrogens is 240 g/mol. The third-order valence-electron chi connectivity index (χ3n) is 2.37. The highest BCUT2D eigenvalue weighted by molar-refractivity contribution is 5.70. The number of carbonyl (C=O) groups is 2. The van der Waals surface area contributed by atoms with Crippen molar-refractivity contribution in [3.8, 4) is 0 Å². The van der Waals surface area contributed by atoms with Crippen molar-refractivity contribution in [1.82, 2.24) is 0 Å². The largest absolute Gasteiger partial charge is 0.469 e. The Morgan fingerprint density at radius 1 is 1.11 bits per heavy atom. The Kier molecular flexibility index (Phi) is 10.3. The van der Waals surface area contributed by atoms with E-state index in [4.69, 9.17) is 9.84 Å². The summed E-state index contributed by atoms with van der Waals surface area (Å²) in [4.78, 5) is 22.0. The van der Waals surface area contributed by atoms with E-state index in [-0.39, 0.29) is 31.6 Å². The second-order valence-electron chi connectivity index (χ2n) is 3.99. The van der Waals surface area contributed by atoms with E-state index in [1.54, 1.807) is 0 Å². The first-order valence-electron chi connectivity index (χ1n) is 6.11. The molecule has 0 fully saturated rings. The van der Waals surface area contributed by atoms with Gasteiger partial charge in [0.1, 0.15) is 6.61 Å². The molecule has 0 aliphatic heterocycles. The first-order valence-corrected chi connectivity index (χ1v) is 6.11. The molecule has 6 heteroatoms. The van der Waals surface area contributed by atoms with Crippen molar-refractivity contribution in [2.45, 2.75) is 44.6 Å². The minimum absolute atomic E-state index is 0.0124. The van der Waals surface area contributed by atoms with Gasteiger partial charge in [0.15, 0.2) is 0 Å². The number of ether oxygens (including phenoxy) is 2. The van der Waals surface area contributed by atoms with Crippen LogP contribution in [0.1, 0.15) is 38.5 Å². The first kappa shape index (κ1) is 16.9. The van der Waals surface area contributed by atoms with Gasteiger partial charge in [-0.15, -0.1) is 0 Å². The summed E-state index contributed by atoms with van der Waals surface area (Å²) in [5.74, 6) is -0.675. The van der Waals surface area contributed by atoms with Crippen molar-refractivity contribution in [3.05, 3.63) is 0 Å². The molecule has 0 aromatic rings. The van der Waals surface area contributed by atoms with Crippen molar-refractivity contribution in [2.24, 2.45) is 0 Å². The van der Waals surface area contributed by atoms with E-state index < -0.39 is 6.10 Å². The number of rotatable bonds is 10. The fourth-order valence-corrected chi connectivity index (χ4v) is 1.31. The fourth-order valence-electron chi connectivity index (χ4n) is 1.31. The minimum atomic E-state index is -0.726. The van der Waals surface area contributed by atoms with E-state index in [0.29, 0.717) is 32.1 Å². The predicted molar refractivity (Wildman–Crippen MR) is 63.8 cm³/mol. The van der Waals surface area contributed by atoms with Crippen molar-refractivity contribution >= 4 is 11.9 Å². The number of aliphatic hydroxyl groups excluding tert-OH is 2. The van der Waals surface area contributed by atoms with Crippen molar-refractivity contribution in [1.29, 1.82) is 0 Å². The van der Waals surface area contributed by atoms with Gasteiger partial charge in [-0.3, -0.25) is 9.59 Å². The fraction of sp³-hybridized carbons (Fsp3) is 0.833. The molecule has 0 aromatic carbocycles. The average molecular weight is 262 g/mol. The first-order chi connectivity index (χ1) is 8.60. The van der Waals surface area contributed by atoms with Gasteiger partial charge in [0.2, 0.25) is 0 Å². The molecule has 0 radical (unpaired) electrons. The van der Waals surface area contributed by atoms with Crippen LogP contribution < -0.4 is 0 Å². The Bertz CT molecular complexity index is 241. The smallest absolute Gasteiger partial charge is 0.305 e. The molecule has 0 aliphatic rings. The van der Waals surface area contributed by atoms with Crippen LogP contribution in [-0.4, -0.2) is 48.6 Å². The highest BCUT2D eigenvalue weighted by Gasteiger charge is 2.09. The number of carbonyl (C=O) groups excluding carboxylic acids is 2. The Labute approximate surface area is 107 Å². The number of hydrogen-bond acceptors (Lipinski definition) is 6. The molecule has 0 rings (SSSR count). The van der Waals surface area contributed by atoms with Gasteiger partial charge in [0, 0.05) is 19.4 Å². The topological polar surface area (TPSA) is 93.1 Å². The third kappa shape index (κ3) is 10.0. The van der Waals surface area contributed by atoms with Crippen LogP contribution in [0.25, 0.3) is 0 Å². The van der Waals surface area contributed by atoms with Crippen molar-refractivity contribution in [2.75, 3.05) is 20.3 Å². The van der Waals surface area contributed by atoms with E-state index in [0.717, 1.165) is 0 Å². The molecule has 0 amide bonds. The van der Waals surface area contributed by atoms with Crippen molar-refractivity contribution < 1.29 is 29.3 Å². The zero-order valence-electron chi connectivity index (χ0n) is 10.8. The molecule has 0 spiro atoms. The van der Waals surface area contributed by atoms with Gasteiger partial charge < -0.3 is 19.7 Å². The average Bonchev–Trinajstić information content (AvgIpc) is 2.38. The standard InChI is InChI=1S/C12H22O6/c1-17-11(15)6-2-3-7-12(16)18-9-10(14)5-4-8-13/h10,13-14H,2-9H2,1H3. The molecular formula is C12H22O6. The van der Waals surface area contributed by atoms with Gasteiger partial charge in [0.25, 0.3) is 0 Å². The van der Waals surface area contributed by atoms with Gasteiger partial charge in [-0.05, 0) is 25.7 Å². The second-order valence-corrected chi connectivity index (χ2v) is 3.99. The van der Waals surface area contributed by atoms with E-state index in [1.807, 2.05) is 0 Å². The molecule has 0 aromatic heterocycles. The number of methoxy groups -OCH3 is 1. The molecule has 106 valence electrons. The zero-order valence-corrected chi connectivity index (χ0v) is 10.8. The van der Waals surface area contributed by atoms with E-state index in [1.165, 1.54) is 7.11 Å². The van der Waals surface area contributed by atoms with Crippen LogP contribution in [0.15, 0.2) is 0 Å². The summed E-state index contributed by atoms with van der Waals surface area (Å²) in [5, 5.41) is 17.9. The molecule has 0 heterocycles. The molecule has 1 atom stereocenters. The summed E-state index contributed by atoms with van der Waals surface area (Å²) in [6, 6.07) is 0. The number of hydrogen-bond donors (Lipinski definition) is 2. The van der Waals surface area contributed by atoms with Gasteiger partial charge in [0.05, 0.1) is 13.2 Å². The summed E-state index contributed by atoms with van der Waals surface area (Å²) in [6.07, 6.45) is 1.82. The van der Waals surface area contributed by atoms with E-state index in [9.17, 15) is 14.7 Å². The Morgan fingerprint density at radius 3 is 2.28 bits per heavy atom. The van der Waals surface area contributed by atoms with Gasteiger partial charge >= 0.3 is 11.9 Å². The molecule has 1 unspecified atom stereocenters. The van der Waals surface area contributed by atoms with E-state index in [2.05, 4.69) is 4.74 Å². The maximum Gasteiger partial charge on any atom is 0.305 e. The lowest BCUT2D eigenvalue weighted by molar-refractivity contribution is -0.147. The Hall–Kier alpha value is -1.14. The highest BCUT2D eigenvalue weighted by atomic mass is 16.5. The van der Waals surface area contributed by atoms with Gasteiger partial charge in [-0.2, -0.15) is 0 Å². The summed E-state index contributed by atoms with van der Waals surface area (Å²) < 4.78 is 9.31. The maximum atomic E-state index is 11.2. The summed E-state index contributed by atoms with van der Waals surface area (Å²) in [7, 11) is 1.32. The van der Waals surface area contributed by atoms with Crippen LogP contribution in [-0.2, 0) is 19.1 Å². The number of aliphatic hydroxyl groups is 2. The van der Waals surface area contributed by atoms with Crippen LogP contribution in [0, 0.1) is 0 Å². The number of esters is 2. The molecule has 0 saturated carbocycles. The Balaban J connectivity index is 3.45. The molecule has 0 saturated heterocycles. The van der Waals surface area contributed by atoms with Gasteiger partial charge in [-0.1, -0.05) is 0 Å².